The highest BCUT2D eigenvalue weighted by atomic mass is 16.7. The van der Waals surface area contributed by atoms with Gasteiger partial charge >= 0.3 is 17.9 Å². The Labute approximate surface area is 192 Å². The molecule has 1 heterocycles. The number of aliphatic hydroxyl groups is 1. The Bertz CT molecular complexity index is 736. The zero-order valence-electron chi connectivity index (χ0n) is 18.7. The van der Waals surface area contributed by atoms with Crippen LogP contribution in [0.15, 0.2) is 24.3 Å². The van der Waals surface area contributed by atoms with Crippen LogP contribution >= 0.6 is 0 Å². The maximum Gasteiger partial charge on any atom is 0.336 e. The minimum atomic E-state index is -2.74. The minimum Gasteiger partial charge on any atom is -0.508 e. The van der Waals surface area contributed by atoms with Crippen LogP contribution in [0.4, 0.5) is 0 Å². The molecule has 0 bridgehead atoms. The second-order valence-corrected chi connectivity index (χ2v) is 7.75. The largest absolute Gasteiger partial charge is 0.508 e. The van der Waals surface area contributed by atoms with Gasteiger partial charge in [-0.15, -0.1) is 0 Å². The fourth-order valence-corrected chi connectivity index (χ4v) is 3.10. The number of rotatable bonds is 12. The smallest absolute Gasteiger partial charge is 0.336 e. The molecule has 11 nitrogen and oxygen atoms in total. The SMILES string of the molecule is CCCCCCN1CCOC(Oc2ccc(O)cc2)C1.O=C(O)CC(O)(CC(=O)O)C(=O)O. The standard InChI is InChI=1S/C16H25NO3.C6H8O7/c1-2-3-4-5-10-17-11-12-19-16(13-17)20-15-8-6-14(18)7-9-15;7-3(8)1-6(13,5(11)12)2-4(9)10/h6-9,16,18H,2-5,10-13H2,1H3;13H,1-2H2,(H,7,8)(H,9,10)(H,11,12). The van der Waals surface area contributed by atoms with E-state index in [1.807, 2.05) is 0 Å². The number of benzene rings is 1. The van der Waals surface area contributed by atoms with Gasteiger partial charge in [0.25, 0.3) is 0 Å². The summed E-state index contributed by atoms with van der Waals surface area (Å²) in [5, 5.41) is 43.1. The summed E-state index contributed by atoms with van der Waals surface area (Å²) in [7, 11) is 0. The lowest BCUT2D eigenvalue weighted by molar-refractivity contribution is -0.170. The number of morpholine rings is 1. The average molecular weight is 472 g/mol. The van der Waals surface area contributed by atoms with Gasteiger partial charge in [-0.05, 0) is 37.2 Å². The highest BCUT2D eigenvalue weighted by molar-refractivity contribution is 5.88. The molecule has 1 unspecified atom stereocenters. The Morgan fingerprint density at radius 2 is 1.67 bits per heavy atom. The van der Waals surface area contributed by atoms with E-state index in [9.17, 15) is 19.5 Å². The quantitative estimate of drug-likeness (QED) is 0.281. The highest BCUT2D eigenvalue weighted by Gasteiger charge is 2.40. The van der Waals surface area contributed by atoms with Gasteiger partial charge in [0.1, 0.15) is 11.5 Å². The van der Waals surface area contributed by atoms with Crippen LogP contribution in [0.2, 0.25) is 0 Å². The van der Waals surface area contributed by atoms with Gasteiger partial charge in [0.15, 0.2) is 5.60 Å². The van der Waals surface area contributed by atoms with E-state index in [1.165, 1.54) is 25.7 Å². The third kappa shape index (κ3) is 11.5. The van der Waals surface area contributed by atoms with Crippen molar-refractivity contribution in [3.63, 3.8) is 0 Å². The number of phenols is 1. The molecule has 0 aromatic heterocycles. The van der Waals surface area contributed by atoms with Crippen LogP contribution in [0, 0.1) is 0 Å². The number of hydrogen-bond acceptors (Lipinski definition) is 8. The Morgan fingerprint density at radius 3 is 2.18 bits per heavy atom. The van der Waals surface area contributed by atoms with Crippen molar-refractivity contribution in [3.05, 3.63) is 24.3 Å². The number of carboxylic acid groups (broad SMARTS) is 3. The van der Waals surface area contributed by atoms with E-state index in [0.717, 1.165) is 32.0 Å². The zero-order chi connectivity index (χ0) is 24.9. The van der Waals surface area contributed by atoms with Crippen LogP contribution < -0.4 is 4.74 Å². The summed E-state index contributed by atoms with van der Waals surface area (Å²) in [4.78, 5) is 32.9. The molecule has 1 fully saturated rings. The third-order valence-corrected chi connectivity index (χ3v) is 4.84. The van der Waals surface area contributed by atoms with E-state index >= 15 is 0 Å². The molecule has 1 atom stereocenters. The normalized spacial score (nSPS) is 16.4. The third-order valence-electron chi connectivity index (χ3n) is 4.84. The first-order chi connectivity index (χ1) is 15.6. The summed E-state index contributed by atoms with van der Waals surface area (Å²) in [5.41, 5.74) is -2.74. The number of aliphatic carboxylic acids is 3. The first-order valence-electron chi connectivity index (χ1n) is 10.7. The van der Waals surface area contributed by atoms with E-state index in [1.54, 1.807) is 24.3 Å². The van der Waals surface area contributed by atoms with Crippen LogP contribution in [0.3, 0.4) is 0 Å². The topological polar surface area (TPSA) is 174 Å². The molecule has 33 heavy (non-hydrogen) atoms. The number of ether oxygens (including phenoxy) is 2. The molecular formula is C22H33NO10. The summed E-state index contributed by atoms with van der Waals surface area (Å²) in [6.07, 6.45) is 2.65. The highest BCUT2D eigenvalue weighted by Crippen LogP contribution is 2.19. The lowest BCUT2D eigenvalue weighted by Crippen LogP contribution is -2.45. The lowest BCUT2D eigenvalue weighted by Gasteiger charge is -2.32. The second kappa shape index (κ2) is 14.3. The fourth-order valence-electron chi connectivity index (χ4n) is 3.10. The van der Waals surface area contributed by atoms with Gasteiger partial charge in [0, 0.05) is 6.54 Å². The average Bonchev–Trinajstić information content (AvgIpc) is 2.72. The van der Waals surface area contributed by atoms with Crippen molar-refractivity contribution in [2.45, 2.75) is 57.3 Å². The van der Waals surface area contributed by atoms with Gasteiger partial charge in [0.2, 0.25) is 6.29 Å². The molecule has 0 saturated carbocycles. The number of aromatic hydroxyl groups is 1. The first kappa shape index (κ1) is 28.1. The first-order valence-corrected chi connectivity index (χ1v) is 10.7. The van der Waals surface area contributed by atoms with Crippen LogP contribution in [0.25, 0.3) is 0 Å². The Morgan fingerprint density at radius 1 is 1.06 bits per heavy atom. The van der Waals surface area contributed by atoms with Crippen molar-refractivity contribution in [1.82, 2.24) is 4.90 Å². The number of carbonyl (C=O) groups is 3. The molecule has 2 rings (SSSR count). The summed E-state index contributed by atoms with van der Waals surface area (Å²) in [5.74, 6) is -4.03. The Kier molecular flexibility index (Phi) is 12.2. The van der Waals surface area contributed by atoms with Gasteiger partial charge in [-0.1, -0.05) is 26.2 Å². The van der Waals surface area contributed by atoms with Crippen molar-refractivity contribution < 1.29 is 49.4 Å². The molecule has 1 aliphatic rings. The van der Waals surface area contributed by atoms with Gasteiger partial charge in [-0.3, -0.25) is 14.5 Å². The van der Waals surface area contributed by atoms with Crippen LogP contribution in [-0.2, 0) is 19.1 Å². The van der Waals surface area contributed by atoms with Gasteiger partial charge in [-0.2, -0.15) is 0 Å². The van der Waals surface area contributed by atoms with E-state index in [2.05, 4.69) is 11.8 Å². The minimum absolute atomic E-state index is 0.209. The molecule has 1 aromatic carbocycles. The predicted octanol–water partition coefficient (Wildman–Crippen LogP) is 1.76. The Balaban J connectivity index is 0.000000366. The van der Waals surface area contributed by atoms with Crippen LogP contribution in [0.5, 0.6) is 11.5 Å². The van der Waals surface area contributed by atoms with Gasteiger partial charge in [-0.25, -0.2) is 4.79 Å². The molecule has 5 N–H and O–H groups in total. The zero-order valence-corrected chi connectivity index (χ0v) is 18.7. The van der Waals surface area contributed by atoms with Crippen molar-refractivity contribution in [1.29, 1.82) is 0 Å². The number of carboxylic acids is 3. The molecule has 186 valence electrons. The number of unbranched alkanes of at least 4 members (excludes halogenated alkanes) is 3. The number of nitrogens with zero attached hydrogens (tertiary/aromatic N) is 1. The van der Waals surface area contributed by atoms with E-state index in [-0.39, 0.29) is 12.0 Å². The maximum absolute atomic E-state index is 10.3. The molecule has 0 aliphatic carbocycles. The molecule has 0 radical (unpaired) electrons. The molecule has 1 aromatic rings. The number of hydrogen-bond donors (Lipinski definition) is 5. The van der Waals surface area contributed by atoms with E-state index < -0.39 is 36.4 Å². The van der Waals surface area contributed by atoms with E-state index in [0.29, 0.717) is 0 Å². The lowest BCUT2D eigenvalue weighted by atomic mass is 9.96. The predicted molar refractivity (Wildman–Crippen MR) is 116 cm³/mol. The van der Waals surface area contributed by atoms with Gasteiger partial charge in [0.05, 0.1) is 26.0 Å². The van der Waals surface area contributed by atoms with Crippen molar-refractivity contribution in [2.75, 3.05) is 26.2 Å². The van der Waals surface area contributed by atoms with Crippen LogP contribution in [-0.4, -0.2) is 86.5 Å². The molecular weight excluding hydrogens is 438 g/mol. The summed E-state index contributed by atoms with van der Waals surface area (Å²) < 4.78 is 11.4. The summed E-state index contributed by atoms with van der Waals surface area (Å²) >= 11 is 0. The molecule has 11 heteroatoms. The number of phenolic OH excluding ortho intramolecular Hbond substituents is 1. The van der Waals surface area contributed by atoms with E-state index in [4.69, 9.17) is 29.9 Å². The molecule has 1 aliphatic heterocycles. The van der Waals surface area contributed by atoms with Crippen molar-refractivity contribution in [3.8, 4) is 11.5 Å². The molecule has 0 amide bonds. The van der Waals surface area contributed by atoms with Crippen molar-refractivity contribution in [2.24, 2.45) is 0 Å². The molecule has 1 saturated heterocycles. The second-order valence-electron chi connectivity index (χ2n) is 7.75. The maximum atomic E-state index is 10.3. The summed E-state index contributed by atoms with van der Waals surface area (Å²) in [6, 6.07) is 6.78. The van der Waals surface area contributed by atoms with Crippen molar-refractivity contribution >= 4 is 17.9 Å². The monoisotopic (exact) mass is 471 g/mol. The summed E-state index contributed by atoms with van der Waals surface area (Å²) in [6.45, 7) is 5.88. The molecule has 0 spiro atoms. The fraction of sp³-hybridized carbons (Fsp3) is 0.591. The Hall–Kier alpha value is -2.89. The van der Waals surface area contributed by atoms with Gasteiger partial charge < -0.3 is 35.0 Å². The van der Waals surface area contributed by atoms with Crippen LogP contribution in [0.1, 0.15) is 45.4 Å².